The predicted molar refractivity (Wildman–Crippen MR) is 64.1 cm³/mol. The van der Waals surface area contributed by atoms with Crippen molar-refractivity contribution in [1.82, 2.24) is 15.0 Å². The Kier molecular flexibility index (Phi) is 3.36. The molecule has 1 fully saturated rings. The van der Waals surface area contributed by atoms with Gasteiger partial charge in [-0.25, -0.2) is 0 Å². The highest BCUT2D eigenvalue weighted by Gasteiger charge is 2.31. The van der Waals surface area contributed by atoms with Gasteiger partial charge in [0.2, 0.25) is 0 Å². The van der Waals surface area contributed by atoms with Crippen molar-refractivity contribution >= 4 is 27.5 Å². The summed E-state index contributed by atoms with van der Waals surface area (Å²) >= 11 is 9.70. The monoisotopic (exact) mass is 291 g/mol. The number of hydrogen-bond donors (Lipinski definition) is 0. The molecule has 3 atom stereocenters. The van der Waals surface area contributed by atoms with Gasteiger partial charge in [-0.15, -0.1) is 16.7 Å². The fourth-order valence-corrected chi connectivity index (χ4v) is 3.32. The maximum atomic E-state index is 6.23. The maximum absolute atomic E-state index is 6.23. The smallest absolute Gasteiger partial charge is 0.151 e. The Morgan fingerprint density at radius 2 is 2.20 bits per heavy atom. The Bertz CT molecular complexity index is 333. The van der Waals surface area contributed by atoms with Crippen LogP contribution < -0.4 is 0 Å². The fraction of sp³-hybridized carbons (Fsp3) is 0.800. The molecule has 0 radical (unpaired) electrons. The summed E-state index contributed by atoms with van der Waals surface area (Å²) in [6.07, 6.45) is 3.35. The van der Waals surface area contributed by atoms with Gasteiger partial charge in [0.05, 0.1) is 5.69 Å². The average Bonchev–Trinajstić information content (AvgIpc) is 2.51. The zero-order valence-electron chi connectivity index (χ0n) is 8.95. The zero-order chi connectivity index (χ0) is 11.0. The van der Waals surface area contributed by atoms with E-state index in [1.807, 2.05) is 11.7 Å². The van der Waals surface area contributed by atoms with Crippen LogP contribution in [0.4, 0.5) is 0 Å². The van der Waals surface area contributed by atoms with E-state index in [0.29, 0.717) is 17.2 Å². The Hall–Kier alpha value is -0.0900. The van der Waals surface area contributed by atoms with Crippen molar-refractivity contribution in [2.45, 2.75) is 37.5 Å². The number of halogens is 2. The van der Waals surface area contributed by atoms with Crippen LogP contribution in [0.1, 0.15) is 37.8 Å². The normalized spacial score (nSPS) is 31.9. The zero-order valence-corrected chi connectivity index (χ0v) is 11.3. The molecule has 0 bridgehead atoms. The molecule has 1 heterocycles. The summed E-state index contributed by atoms with van der Waals surface area (Å²) in [6.45, 7) is 2.28. The van der Waals surface area contributed by atoms with Crippen LogP contribution in [0.2, 0.25) is 0 Å². The third-order valence-electron chi connectivity index (χ3n) is 3.31. The lowest BCUT2D eigenvalue weighted by atomic mass is 9.78. The standard InChI is InChI=1S/C10H15BrClN3/c1-6-3-4-7(12)5-8(6)9-10(11)13-14-15(9)2/h6-8H,3-5H2,1-2H3. The van der Waals surface area contributed by atoms with E-state index in [-0.39, 0.29) is 0 Å². The van der Waals surface area contributed by atoms with Crippen LogP contribution in [0.5, 0.6) is 0 Å². The number of aryl methyl sites for hydroxylation is 1. The molecule has 1 aliphatic carbocycles. The highest BCUT2D eigenvalue weighted by atomic mass is 79.9. The fourth-order valence-electron chi connectivity index (χ4n) is 2.38. The number of nitrogens with zero attached hydrogens (tertiary/aromatic N) is 3. The van der Waals surface area contributed by atoms with Crippen LogP contribution in [0.3, 0.4) is 0 Å². The first-order chi connectivity index (χ1) is 7.09. The quantitative estimate of drug-likeness (QED) is 0.745. The molecule has 0 aromatic carbocycles. The minimum atomic E-state index is 0.299. The first-order valence-corrected chi connectivity index (χ1v) is 6.51. The van der Waals surface area contributed by atoms with Crippen molar-refractivity contribution in [2.75, 3.05) is 0 Å². The van der Waals surface area contributed by atoms with Gasteiger partial charge in [0.1, 0.15) is 0 Å². The van der Waals surface area contributed by atoms with Crippen LogP contribution in [0, 0.1) is 5.92 Å². The molecule has 0 amide bonds. The summed E-state index contributed by atoms with van der Waals surface area (Å²) in [4.78, 5) is 0. The predicted octanol–water partition coefficient (Wildman–Crippen LogP) is 3.09. The first-order valence-electron chi connectivity index (χ1n) is 5.28. The largest absolute Gasteiger partial charge is 0.251 e. The molecule has 0 N–H and O–H groups in total. The van der Waals surface area contributed by atoms with Crippen molar-refractivity contribution < 1.29 is 0 Å². The summed E-state index contributed by atoms with van der Waals surface area (Å²) < 4.78 is 2.73. The Morgan fingerprint density at radius 1 is 1.47 bits per heavy atom. The van der Waals surface area contributed by atoms with E-state index in [1.165, 1.54) is 12.1 Å². The van der Waals surface area contributed by atoms with E-state index in [0.717, 1.165) is 17.4 Å². The number of alkyl halides is 1. The molecule has 1 aliphatic rings. The van der Waals surface area contributed by atoms with Crippen LogP contribution in [-0.2, 0) is 7.05 Å². The molecular weight excluding hydrogens is 277 g/mol. The molecule has 0 spiro atoms. The molecule has 5 heteroatoms. The Morgan fingerprint density at radius 3 is 2.80 bits per heavy atom. The van der Waals surface area contributed by atoms with E-state index in [1.54, 1.807) is 0 Å². The van der Waals surface area contributed by atoms with Crippen molar-refractivity contribution in [3.63, 3.8) is 0 Å². The van der Waals surface area contributed by atoms with Crippen LogP contribution in [0.15, 0.2) is 4.60 Å². The summed E-state index contributed by atoms with van der Waals surface area (Å²) in [5, 5.41) is 8.36. The molecule has 2 rings (SSSR count). The van der Waals surface area contributed by atoms with Gasteiger partial charge in [0.15, 0.2) is 4.60 Å². The van der Waals surface area contributed by atoms with Gasteiger partial charge in [0.25, 0.3) is 0 Å². The van der Waals surface area contributed by atoms with Gasteiger partial charge in [0, 0.05) is 18.3 Å². The molecular formula is C10H15BrClN3. The van der Waals surface area contributed by atoms with E-state index in [9.17, 15) is 0 Å². The van der Waals surface area contributed by atoms with Crippen molar-refractivity contribution in [1.29, 1.82) is 0 Å². The molecule has 1 saturated carbocycles. The van der Waals surface area contributed by atoms with Crippen LogP contribution in [0.25, 0.3) is 0 Å². The van der Waals surface area contributed by atoms with E-state index >= 15 is 0 Å². The van der Waals surface area contributed by atoms with Gasteiger partial charge in [-0.2, -0.15) is 0 Å². The number of hydrogen-bond acceptors (Lipinski definition) is 2. The maximum Gasteiger partial charge on any atom is 0.151 e. The van der Waals surface area contributed by atoms with E-state index in [2.05, 4.69) is 33.2 Å². The SMILES string of the molecule is CC1CCC(Cl)CC1c1c(Br)nnn1C. The highest BCUT2D eigenvalue weighted by molar-refractivity contribution is 9.10. The second kappa shape index (κ2) is 4.42. The molecule has 1 aromatic heterocycles. The summed E-state index contributed by atoms with van der Waals surface area (Å²) in [5.74, 6) is 1.14. The summed E-state index contributed by atoms with van der Waals surface area (Å²) in [5.41, 5.74) is 1.19. The third kappa shape index (κ3) is 2.21. The minimum Gasteiger partial charge on any atom is -0.251 e. The van der Waals surface area contributed by atoms with E-state index < -0.39 is 0 Å². The van der Waals surface area contributed by atoms with Crippen molar-refractivity contribution in [3.05, 3.63) is 10.3 Å². The van der Waals surface area contributed by atoms with Gasteiger partial charge in [-0.05, 0) is 41.1 Å². The lowest BCUT2D eigenvalue weighted by Crippen LogP contribution is -2.23. The van der Waals surface area contributed by atoms with Gasteiger partial charge < -0.3 is 0 Å². The summed E-state index contributed by atoms with van der Waals surface area (Å²) in [6, 6.07) is 0. The lowest BCUT2D eigenvalue weighted by molar-refractivity contribution is 0.321. The Balaban J connectivity index is 2.28. The van der Waals surface area contributed by atoms with Crippen molar-refractivity contribution in [3.8, 4) is 0 Å². The lowest BCUT2D eigenvalue weighted by Gasteiger charge is -2.31. The van der Waals surface area contributed by atoms with Crippen molar-refractivity contribution in [2.24, 2.45) is 13.0 Å². The third-order valence-corrected chi connectivity index (χ3v) is 4.27. The molecule has 3 unspecified atom stereocenters. The molecule has 1 aromatic rings. The topological polar surface area (TPSA) is 30.7 Å². The average molecular weight is 293 g/mol. The second-order valence-corrected chi connectivity index (χ2v) is 5.75. The van der Waals surface area contributed by atoms with Crippen LogP contribution in [-0.4, -0.2) is 20.4 Å². The minimum absolute atomic E-state index is 0.299. The molecule has 0 aliphatic heterocycles. The van der Waals surface area contributed by atoms with Gasteiger partial charge in [-0.3, -0.25) is 4.68 Å². The number of aromatic nitrogens is 3. The molecule has 0 saturated heterocycles. The molecule has 84 valence electrons. The molecule has 3 nitrogen and oxygen atoms in total. The molecule has 15 heavy (non-hydrogen) atoms. The summed E-state index contributed by atoms with van der Waals surface area (Å²) in [7, 11) is 1.94. The second-order valence-electron chi connectivity index (χ2n) is 4.38. The Labute approximate surface area is 103 Å². The van der Waals surface area contributed by atoms with Gasteiger partial charge >= 0.3 is 0 Å². The van der Waals surface area contributed by atoms with E-state index in [4.69, 9.17) is 11.6 Å². The van der Waals surface area contributed by atoms with Gasteiger partial charge in [-0.1, -0.05) is 12.1 Å². The highest BCUT2D eigenvalue weighted by Crippen LogP contribution is 2.41. The number of rotatable bonds is 1. The van der Waals surface area contributed by atoms with Crippen LogP contribution >= 0.6 is 27.5 Å². The first kappa shape index (κ1) is 11.4.